The summed E-state index contributed by atoms with van der Waals surface area (Å²) in [5.41, 5.74) is 2.71. The van der Waals surface area contributed by atoms with E-state index in [1.165, 1.54) is 5.56 Å². The van der Waals surface area contributed by atoms with Crippen LogP contribution in [-0.4, -0.2) is 22.2 Å². The molecule has 0 aliphatic heterocycles. The maximum absolute atomic E-state index is 12.3. The Morgan fingerprint density at radius 3 is 2.43 bits per heavy atom. The molecule has 0 saturated carbocycles. The van der Waals surface area contributed by atoms with Gasteiger partial charge in [0.15, 0.2) is 0 Å². The van der Waals surface area contributed by atoms with Crippen LogP contribution in [0.4, 0.5) is 0 Å². The zero-order valence-electron chi connectivity index (χ0n) is 13.0. The first-order valence-corrected chi connectivity index (χ1v) is 7.67. The van der Waals surface area contributed by atoms with Gasteiger partial charge in [0, 0.05) is 12.7 Å². The number of hydrogen-bond donors (Lipinski definition) is 1. The van der Waals surface area contributed by atoms with Crippen molar-refractivity contribution in [1.82, 2.24) is 15.1 Å². The van der Waals surface area contributed by atoms with E-state index in [1.807, 2.05) is 48.5 Å². The fourth-order valence-corrected chi connectivity index (χ4v) is 2.41. The SMILES string of the molecule is CC(CNC(=O)c1cnn(-c2ccccc2)c1)c1ccccc1. The quantitative estimate of drug-likeness (QED) is 0.785. The van der Waals surface area contributed by atoms with Crippen LogP contribution in [0.25, 0.3) is 5.69 Å². The molecule has 1 unspecified atom stereocenters. The minimum Gasteiger partial charge on any atom is -0.351 e. The molecule has 0 aliphatic rings. The molecule has 4 nitrogen and oxygen atoms in total. The lowest BCUT2D eigenvalue weighted by Gasteiger charge is -2.12. The number of para-hydroxylation sites is 1. The van der Waals surface area contributed by atoms with Crippen LogP contribution < -0.4 is 5.32 Å². The number of nitrogens with one attached hydrogen (secondary N) is 1. The Kier molecular flexibility index (Phi) is 4.52. The Hall–Kier alpha value is -2.88. The van der Waals surface area contributed by atoms with E-state index in [2.05, 4.69) is 29.5 Å². The number of carbonyl (C=O) groups excluding carboxylic acids is 1. The fourth-order valence-electron chi connectivity index (χ4n) is 2.41. The summed E-state index contributed by atoms with van der Waals surface area (Å²) in [7, 11) is 0. The average molecular weight is 305 g/mol. The minimum absolute atomic E-state index is 0.102. The lowest BCUT2D eigenvalue weighted by Crippen LogP contribution is -2.27. The average Bonchev–Trinajstić information content (AvgIpc) is 3.11. The van der Waals surface area contributed by atoms with E-state index >= 15 is 0 Å². The van der Waals surface area contributed by atoms with Crippen LogP contribution >= 0.6 is 0 Å². The number of rotatable bonds is 5. The zero-order valence-corrected chi connectivity index (χ0v) is 13.0. The van der Waals surface area contributed by atoms with Gasteiger partial charge < -0.3 is 5.32 Å². The third-order valence-electron chi connectivity index (χ3n) is 3.80. The van der Waals surface area contributed by atoms with Gasteiger partial charge in [-0.05, 0) is 23.6 Å². The number of nitrogens with zero attached hydrogens (tertiary/aromatic N) is 2. The first kappa shape index (κ1) is 15.0. The molecule has 1 heterocycles. The predicted octanol–water partition coefficient (Wildman–Crippen LogP) is 3.41. The molecule has 4 heteroatoms. The van der Waals surface area contributed by atoms with Crippen LogP contribution in [0.5, 0.6) is 0 Å². The van der Waals surface area contributed by atoms with Crippen LogP contribution in [0.3, 0.4) is 0 Å². The lowest BCUT2D eigenvalue weighted by atomic mass is 10.0. The monoisotopic (exact) mass is 305 g/mol. The summed E-state index contributed by atoms with van der Waals surface area (Å²) >= 11 is 0. The highest BCUT2D eigenvalue weighted by Crippen LogP contribution is 2.13. The molecule has 0 spiro atoms. The summed E-state index contributed by atoms with van der Waals surface area (Å²) in [6.07, 6.45) is 3.34. The second-order valence-corrected chi connectivity index (χ2v) is 5.53. The van der Waals surface area contributed by atoms with Crippen molar-refractivity contribution < 1.29 is 4.79 Å². The second-order valence-electron chi connectivity index (χ2n) is 5.53. The lowest BCUT2D eigenvalue weighted by molar-refractivity contribution is 0.0951. The molecular weight excluding hydrogens is 286 g/mol. The molecule has 0 fully saturated rings. The van der Waals surface area contributed by atoms with Gasteiger partial charge in [-0.3, -0.25) is 4.79 Å². The maximum atomic E-state index is 12.3. The van der Waals surface area contributed by atoms with Gasteiger partial charge >= 0.3 is 0 Å². The number of benzene rings is 2. The van der Waals surface area contributed by atoms with Crippen molar-refractivity contribution in [2.75, 3.05) is 6.54 Å². The van der Waals surface area contributed by atoms with E-state index < -0.39 is 0 Å². The Bertz CT molecular complexity index is 766. The summed E-state index contributed by atoms with van der Waals surface area (Å²) in [5, 5.41) is 7.22. The molecule has 1 N–H and O–H groups in total. The molecule has 2 aromatic carbocycles. The van der Waals surface area contributed by atoms with E-state index in [9.17, 15) is 4.79 Å². The van der Waals surface area contributed by atoms with Crippen LogP contribution in [0.15, 0.2) is 73.1 Å². The summed E-state index contributed by atoms with van der Waals surface area (Å²) in [6, 6.07) is 19.9. The molecule has 3 aromatic rings. The zero-order chi connectivity index (χ0) is 16.1. The molecule has 1 aromatic heterocycles. The van der Waals surface area contributed by atoms with E-state index in [1.54, 1.807) is 17.1 Å². The van der Waals surface area contributed by atoms with E-state index in [-0.39, 0.29) is 11.8 Å². The Morgan fingerprint density at radius 1 is 1.09 bits per heavy atom. The standard InChI is InChI=1S/C19H19N3O/c1-15(16-8-4-2-5-9-16)12-20-19(23)17-13-21-22(14-17)18-10-6-3-7-11-18/h2-11,13-15H,12H2,1H3,(H,20,23). The molecule has 0 radical (unpaired) electrons. The Labute approximate surface area is 135 Å². The van der Waals surface area contributed by atoms with Gasteiger partial charge in [-0.25, -0.2) is 4.68 Å². The number of carbonyl (C=O) groups is 1. The second kappa shape index (κ2) is 6.92. The van der Waals surface area contributed by atoms with Gasteiger partial charge in [-0.15, -0.1) is 0 Å². The van der Waals surface area contributed by atoms with Crippen molar-refractivity contribution in [3.05, 3.63) is 84.2 Å². The summed E-state index contributed by atoms with van der Waals surface area (Å²) in [5.74, 6) is 0.166. The molecule has 23 heavy (non-hydrogen) atoms. The van der Waals surface area contributed by atoms with Crippen molar-refractivity contribution in [3.8, 4) is 5.69 Å². The van der Waals surface area contributed by atoms with Crippen LogP contribution in [0.1, 0.15) is 28.8 Å². The molecule has 0 bridgehead atoms. The molecule has 0 aliphatic carbocycles. The van der Waals surface area contributed by atoms with Gasteiger partial charge in [0.1, 0.15) is 0 Å². The highest BCUT2D eigenvalue weighted by Gasteiger charge is 2.11. The maximum Gasteiger partial charge on any atom is 0.254 e. The van der Waals surface area contributed by atoms with Gasteiger partial charge in [0.05, 0.1) is 17.4 Å². The topological polar surface area (TPSA) is 46.9 Å². The number of aromatic nitrogens is 2. The van der Waals surface area contributed by atoms with Crippen LogP contribution in [-0.2, 0) is 0 Å². The molecular formula is C19H19N3O. The summed E-state index contributed by atoms with van der Waals surface area (Å²) in [6.45, 7) is 2.70. The van der Waals surface area contributed by atoms with Gasteiger partial charge in [-0.1, -0.05) is 55.5 Å². The van der Waals surface area contributed by atoms with Gasteiger partial charge in [0.25, 0.3) is 5.91 Å². The van der Waals surface area contributed by atoms with Crippen molar-refractivity contribution >= 4 is 5.91 Å². The normalized spacial score (nSPS) is 11.9. The largest absolute Gasteiger partial charge is 0.351 e. The van der Waals surface area contributed by atoms with Crippen LogP contribution in [0, 0.1) is 0 Å². The van der Waals surface area contributed by atoms with Gasteiger partial charge in [0.2, 0.25) is 0 Å². The third-order valence-corrected chi connectivity index (χ3v) is 3.80. The Morgan fingerprint density at radius 2 is 1.74 bits per heavy atom. The van der Waals surface area contributed by atoms with Crippen molar-refractivity contribution in [2.24, 2.45) is 0 Å². The number of hydrogen-bond acceptors (Lipinski definition) is 2. The summed E-state index contributed by atoms with van der Waals surface area (Å²) in [4.78, 5) is 12.3. The third kappa shape index (κ3) is 3.66. The first-order valence-electron chi connectivity index (χ1n) is 7.67. The van der Waals surface area contributed by atoms with E-state index in [0.29, 0.717) is 12.1 Å². The predicted molar refractivity (Wildman–Crippen MR) is 90.8 cm³/mol. The van der Waals surface area contributed by atoms with Crippen molar-refractivity contribution in [3.63, 3.8) is 0 Å². The molecule has 3 rings (SSSR count). The molecule has 116 valence electrons. The van der Waals surface area contributed by atoms with Crippen molar-refractivity contribution in [2.45, 2.75) is 12.8 Å². The summed E-state index contributed by atoms with van der Waals surface area (Å²) < 4.78 is 1.70. The smallest absolute Gasteiger partial charge is 0.254 e. The molecule has 1 amide bonds. The highest BCUT2D eigenvalue weighted by atomic mass is 16.1. The number of amides is 1. The van der Waals surface area contributed by atoms with E-state index in [4.69, 9.17) is 0 Å². The van der Waals surface area contributed by atoms with Crippen molar-refractivity contribution in [1.29, 1.82) is 0 Å². The van der Waals surface area contributed by atoms with E-state index in [0.717, 1.165) is 5.69 Å². The highest BCUT2D eigenvalue weighted by molar-refractivity contribution is 5.93. The minimum atomic E-state index is -0.102. The van der Waals surface area contributed by atoms with Gasteiger partial charge in [-0.2, -0.15) is 5.10 Å². The fraction of sp³-hybridized carbons (Fsp3) is 0.158. The molecule has 1 atom stereocenters. The Balaban J connectivity index is 1.62. The first-order chi connectivity index (χ1) is 11.2. The molecule has 0 saturated heterocycles. The van der Waals surface area contributed by atoms with Crippen LogP contribution in [0.2, 0.25) is 0 Å².